The van der Waals surface area contributed by atoms with Gasteiger partial charge >= 0.3 is 0 Å². The number of hydrogen-bond donors (Lipinski definition) is 0. The van der Waals surface area contributed by atoms with Gasteiger partial charge in [-0.1, -0.05) is 115 Å². The normalized spacial score (nSPS) is 17.3. The Bertz CT molecular complexity index is 2450. The van der Waals surface area contributed by atoms with Gasteiger partial charge in [-0.2, -0.15) is 0 Å². The Morgan fingerprint density at radius 1 is 0.500 bits per heavy atom. The lowest BCUT2D eigenvalue weighted by Crippen LogP contribution is -2.30. The molecule has 3 nitrogen and oxygen atoms in total. The standard InChI is InChI=1S/C46H35N3S/c1-2-17-35(18-3-1)46(39-22-9-7-20-37(39)38-21-8-10-23-40(38)46)36-19-12-16-33(28-36)43-47-44(34-26-25-30-13-4-5-14-31(30)27-34)49-45(48-43)42-29-32-15-6-11-24-41(32)50-42/h1-5,9-14,16-19,22-29H,6-8,15,20-21H2. The predicted molar refractivity (Wildman–Crippen MR) is 207 cm³/mol. The van der Waals surface area contributed by atoms with E-state index in [1.807, 2.05) is 0 Å². The predicted octanol–water partition coefficient (Wildman–Crippen LogP) is 11.6. The molecular weight excluding hydrogens is 627 g/mol. The molecule has 0 bridgehead atoms. The van der Waals surface area contributed by atoms with Crippen LogP contribution in [-0.4, -0.2) is 15.0 Å². The second-order valence-electron chi connectivity index (χ2n) is 13.7. The van der Waals surface area contributed by atoms with Gasteiger partial charge in [0, 0.05) is 16.0 Å². The Hall–Kier alpha value is -5.45. The monoisotopic (exact) mass is 661 g/mol. The summed E-state index contributed by atoms with van der Waals surface area (Å²) in [6, 6.07) is 37.4. The highest BCUT2D eigenvalue weighted by Crippen LogP contribution is 2.58. The van der Waals surface area contributed by atoms with E-state index in [1.165, 1.54) is 54.6 Å². The van der Waals surface area contributed by atoms with Crippen LogP contribution < -0.4 is 0 Å². The first-order valence-electron chi connectivity index (χ1n) is 17.8. The quantitative estimate of drug-likeness (QED) is 0.185. The van der Waals surface area contributed by atoms with Gasteiger partial charge in [0.15, 0.2) is 17.5 Å². The second kappa shape index (κ2) is 11.9. The lowest BCUT2D eigenvalue weighted by Gasteiger charge is -2.37. The Morgan fingerprint density at radius 3 is 1.90 bits per heavy atom. The number of allylic oxidation sites excluding steroid dienone is 9. The number of fused-ring (bicyclic) bond motifs is 3. The summed E-state index contributed by atoms with van der Waals surface area (Å²) < 4.78 is 0. The maximum atomic E-state index is 5.24. The largest absolute Gasteiger partial charge is 0.208 e. The van der Waals surface area contributed by atoms with Crippen LogP contribution in [0.25, 0.3) is 50.3 Å². The van der Waals surface area contributed by atoms with Crippen LogP contribution in [0.3, 0.4) is 0 Å². The molecule has 0 spiro atoms. The molecule has 0 N–H and O–H groups in total. The van der Waals surface area contributed by atoms with Crippen molar-refractivity contribution in [1.82, 2.24) is 15.0 Å². The van der Waals surface area contributed by atoms with Gasteiger partial charge in [-0.25, -0.2) is 15.0 Å². The SMILES string of the molecule is C1=CC2=C(CC1)C1=C(C=CCC1)C2(c1ccccc1)c1cccc(-c2nc(-c3ccc4ccccc4c3)nc(-c3cc4c(s3)C=CCC4)n2)c1. The molecule has 6 aromatic rings. The summed E-state index contributed by atoms with van der Waals surface area (Å²) >= 11 is 1.78. The number of aromatic nitrogens is 3. The third-order valence-corrected chi connectivity index (χ3v) is 12.0. The Kier molecular flexibility index (Phi) is 6.99. The maximum absolute atomic E-state index is 5.24. The Labute approximate surface area is 296 Å². The minimum Gasteiger partial charge on any atom is -0.208 e. The van der Waals surface area contributed by atoms with E-state index >= 15 is 0 Å². The van der Waals surface area contributed by atoms with Crippen LogP contribution in [0.4, 0.5) is 0 Å². The zero-order valence-electron chi connectivity index (χ0n) is 27.8. The number of hydrogen-bond acceptors (Lipinski definition) is 4. The molecule has 0 fully saturated rings. The van der Waals surface area contributed by atoms with E-state index in [4.69, 9.17) is 15.0 Å². The van der Waals surface area contributed by atoms with E-state index < -0.39 is 5.41 Å². The van der Waals surface area contributed by atoms with Crippen LogP contribution >= 0.6 is 11.3 Å². The number of benzene rings is 4. The minimum absolute atomic E-state index is 0.397. The fourth-order valence-electron chi connectivity index (χ4n) is 8.56. The molecule has 0 atom stereocenters. The van der Waals surface area contributed by atoms with Crippen LogP contribution in [0.1, 0.15) is 53.7 Å². The first kappa shape index (κ1) is 29.5. The third kappa shape index (κ3) is 4.66. The zero-order valence-corrected chi connectivity index (χ0v) is 28.6. The van der Waals surface area contributed by atoms with E-state index in [0.717, 1.165) is 60.4 Å². The molecule has 0 aliphatic heterocycles. The average Bonchev–Trinajstić information content (AvgIpc) is 3.76. The molecule has 2 aromatic heterocycles. The van der Waals surface area contributed by atoms with Gasteiger partial charge in [-0.15, -0.1) is 11.3 Å². The van der Waals surface area contributed by atoms with Crippen LogP contribution in [-0.2, 0) is 11.8 Å². The fraction of sp³-hybridized carbons (Fsp3) is 0.152. The number of nitrogens with zero attached hydrogens (tertiary/aromatic N) is 3. The Morgan fingerprint density at radius 2 is 1.14 bits per heavy atom. The Balaban J connectivity index is 1.19. The van der Waals surface area contributed by atoms with Gasteiger partial charge in [-0.3, -0.25) is 0 Å². The van der Waals surface area contributed by atoms with E-state index in [2.05, 4.69) is 140 Å². The van der Waals surface area contributed by atoms with Gasteiger partial charge in [0.05, 0.1) is 10.3 Å². The van der Waals surface area contributed by atoms with E-state index in [0.29, 0.717) is 11.6 Å². The molecule has 0 saturated carbocycles. The van der Waals surface area contributed by atoms with Crippen molar-refractivity contribution < 1.29 is 0 Å². The molecule has 0 radical (unpaired) electrons. The van der Waals surface area contributed by atoms with Gasteiger partial charge < -0.3 is 0 Å². The van der Waals surface area contributed by atoms with E-state index in [-0.39, 0.29) is 0 Å². The lowest BCUT2D eigenvalue weighted by atomic mass is 9.65. The van der Waals surface area contributed by atoms with Gasteiger partial charge in [0.1, 0.15) is 0 Å². The summed E-state index contributed by atoms with van der Waals surface area (Å²) in [6.45, 7) is 0. The number of aryl methyl sites for hydroxylation is 1. The van der Waals surface area contributed by atoms with Crippen molar-refractivity contribution in [3.63, 3.8) is 0 Å². The molecule has 4 aromatic carbocycles. The molecule has 50 heavy (non-hydrogen) atoms. The lowest BCUT2D eigenvalue weighted by molar-refractivity contribution is 0.740. The molecule has 240 valence electrons. The van der Waals surface area contributed by atoms with Crippen molar-refractivity contribution in [3.05, 3.63) is 177 Å². The fourth-order valence-corrected chi connectivity index (χ4v) is 9.64. The van der Waals surface area contributed by atoms with Crippen LogP contribution in [0.15, 0.2) is 156 Å². The van der Waals surface area contributed by atoms with Gasteiger partial charge in [0.2, 0.25) is 0 Å². The molecule has 2 heterocycles. The highest BCUT2D eigenvalue weighted by molar-refractivity contribution is 7.16. The van der Waals surface area contributed by atoms with Crippen molar-refractivity contribution >= 4 is 28.2 Å². The second-order valence-corrected chi connectivity index (χ2v) is 14.8. The summed E-state index contributed by atoms with van der Waals surface area (Å²) in [5, 5.41) is 2.38. The summed E-state index contributed by atoms with van der Waals surface area (Å²) in [5.74, 6) is 2.13. The van der Waals surface area contributed by atoms with Crippen LogP contribution in [0, 0.1) is 0 Å². The first-order valence-corrected chi connectivity index (χ1v) is 18.6. The zero-order chi connectivity index (χ0) is 33.1. The van der Waals surface area contributed by atoms with Crippen molar-refractivity contribution in [2.45, 2.75) is 43.9 Å². The molecule has 10 rings (SSSR count). The van der Waals surface area contributed by atoms with E-state index in [1.54, 1.807) is 11.3 Å². The molecule has 4 heteroatoms. The molecule has 4 aliphatic rings. The number of rotatable bonds is 5. The average molecular weight is 662 g/mol. The maximum Gasteiger partial charge on any atom is 0.174 e. The summed E-state index contributed by atoms with van der Waals surface area (Å²) in [7, 11) is 0. The summed E-state index contributed by atoms with van der Waals surface area (Å²) in [4.78, 5) is 18.0. The van der Waals surface area contributed by atoms with Gasteiger partial charge in [-0.05, 0) is 113 Å². The first-order chi connectivity index (χ1) is 24.8. The van der Waals surface area contributed by atoms with Crippen molar-refractivity contribution in [2.24, 2.45) is 0 Å². The van der Waals surface area contributed by atoms with Crippen LogP contribution in [0.5, 0.6) is 0 Å². The summed E-state index contributed by atoms with van der Waals surface area (Å²) in [6.07, 6.45) is 20.6. The molecule has 0 unspecified atom stereocenters. The minimum atomic E-state index is -0.397. The highest BCUT2D eigenvalue weighted by atomic mass is 32.1. The number of thiophene rings is 1. The third-order valence-electron chi connectivity index (χ3n) is 10.8. The van der Waals surface area contributed by atoms with Crippen molar-refractivity contribution in [3.8, 4) is 33.5 Å². The van der Waals surface area contributed by atoms with Crippen molar-refractivity contribution in [2.75, 3.05) is 0 Å². The highest BCUT2D eigenvalue weighted by Gasteiger charge is 2.48. The summed E-state index contributed by atoms with van der Waals surface area (Å²) in [5.41, 5.74) is 11.5. The van der Waals surface area contributed by atoms with Gasteiger partial charge in [0.25, 0.3) is 0 Å². The molecule has 4 aliphatic carbocycles. The topological polar surface area (TPSA) is 38.7 Å². The van der Waals surface area contributed by atoms with E-state index in [9.17, 15) is 0 Å². The van der Waals surface area contributed by atoms with Crippen LogP contribution in [0.2, 0.25) is 0 Å². The van der Waals surface area contributed by atoms with Crippen molar-refractivity contribution in [1.29, 1.82) is 0 Å². The molecule has 0 saturated heterocycles. The molecule has 0 amide bonds. The smallest absolute Gasteiger partial charge is 0.174 e. The molecular formula is C46H35N3S.